The zero-order valence-electron chi connectivity index (χ0n) is 13.9. The highest BCUT2D eigenvalue weighted by Gasteiger charge is 2.11. The molecule has 0 amide bonds. The molecule has 1 aliphatic rings. The van der Waals surface area contributed by atoms with E-state index in [0.717, 1.165) is 46.9 Å². The number of aryl methyl sites for hydroxylation is 2. The molecule has 24 heavy (non-hydrogen) atoms. The fourth-order valence-corrected chi connectivity index (χ4v) is 3.00. The van der Waals surface area contributed by atoms with E-state index in [1.54, 1.807) is 0 Å². The molecule has 0 fully saturated rings. The fourth-order valence-electron chi connectivity index (χ4n) is 3.00. The maximum atomic E-state index is 5.62. The van der Waals surface area contributed by atoms with Crippen LogP contribution in [0.25, 0.3) is 11.0 Å². The molecule has 0 atom stereocenters. The molecule has 1 aromatic carbocycles. The Balaban J connectivity index is 1.43. The molecular formula is C18H20N4O2. The average Bonchev–Trinajstić information content (AvgIpc) is 2.89. The zero-order valence-corrected chi connectivity index (χ0v) is 13.9. The van der Waals surface area contributed by atoms with Crippen LogP contribution in [-0.2, 0) is 20.1 Å². The van der Waals surface area contributed by atoms with Gasteiger partial charge in [0, 0.05) is 31.7 Å². The largest absolute Gasteiger partial charge is 0.486 e. The van der Waals surface area contributed by atoms with Crippen molar-refractivity contribution in [3.63, 3.8) is 0 Å². The van der Waals surface area contributed by atoms with Gasteiger partial charge in [0.25, 0.3) is 0 Å². The predicted octanol–water partition coefficient (Wildman–Crippen LogP) is 2.34. The molecule has 3 aromatic rings. The van der Waals surface area contributed by atoms with Gasteiger partial charge in [0.2, 0.25) is 0 Å². The molecule has 0 aliphatic carbocycles. The van der Waals surface area contributed by atoms with Crippen molar-refractivity contribution >= 4 is 11.0 Å². The summed E-state index contributed by atoms with van der Waals surface area (Å²) in [4.78, 5) is 4.51. The molecule has 124 valence electrons. The SMILES string of the molecule is Cc1nn(C)c2ncc(CNCc3ccc4c(c3)OCCO4)cc12. The van der Waals surface area contributed by atoms with Crippen LogP contribution in [0, 0.1) is 6.92 Å². The summed E-state index contributed by atoms with van der Waals surface area (Å²) in [6.07, 6.45) is 1.90. The first-order chi connectivity index (χ1) is 11.7. The van der Waals surface area contributed by atoms with Crippen LogP contribution < -0.4 is 14.8 Å². The summed E-state index contributed by atoms with van der Waals surface area (Å²) in [6, 6.07) is 8.22. The first kappa shape index (κ1) is 15.0. The highest BCUT2D eigenvalue weighted by atomic mass is 16.6. The Morgan fingerprint density at radius 3 is 2.75 bits per heavy atom. The molecule has 0 unspecified atom stereocenters. The van der Waals surface area contributed by atoms with Gasteiger partial charge in [-0.2, -0.15) is 5.10 Å². The Morgan fingerprint density at radius 2 is 1.88 bits per heavy atom. The molecule has 0 bridgehead atoms. The molecule has 0 radical (unpaired) electrons. The van der Waals surface area contributed by atoms with Gasteiger partial charge in [-0.3, -0.25) is 4.68 Å². The lowest BCUT2D eigenvalue weighted by Crippen LogP contribution is -2.16. The summed E-state index contributed by atoms with van der Waals surface area (Å²) < 4.78 is 13.0. The fraction of sp³-hybridized carbons (Fsp3) is 0.333. The van der Waals surface area contributed by atoms with E-state index < -0.39 is 0 Å². The lowest BCUT2D eigenvalue weighted by Gasteiger charge is -2.19. The number of aromatic nitrogens is 3. The van der Waals surface area contributed by atoms with E-state index in [1.807, 2.05) is 37.0 Å². The molecule has 1 N–H and O–H groups in total. The van der Waals surface area contributed by atoms with Crippen LogP contribution >= 0.6 is 0 Å². The molecule has 1 aliphatic heterocycles. The van der Waals surface area contributed by atoms with E-state index in [9.17, 15) is 0 Å². The van der Waals surface area contributed by atoms with Gasteiger partial charge in [-0.1, -0.05) is 6.07 Å². The molecule has 4 rings (SSSR count). The van der Waals surface area contributed by atoms with Gasteiger partial charge in [-0.25, -0.2) is 4.98 Å². The third kappa shape index (κ3) is 2.80. The third-order valence-corrected chi connectivity index (χ3v) is 4.18. The first-order valence-electron chi connectivity index (χ1n) is 8.08. The van der Waals surface area contributed by atoms with Crippen LogP contribution in [0.5, 0.6) is 11.5 Å². The van der Waals surface area contributed by atoms with E-state index >= 15 is 0 Å². The number of hydrogen-bond donors (Lipinski definition) is 1. The van der Waals surface area contributed by atoms with Crippen molar-refractivity contribution in [1.29, 1.82) is 0 Å². The Bertz CT molecular complexity index is 888. The van der Waals surface area contributed by atoms with Gasteiger partial charge in [0.05, 0.1) is 5.69 Å². The topological polar surface area (TPSA) is 61.2 Å². The second-order valence-corrected chi connectivity index (χ2v) is 6.01. The minimum Gasteiger partial charge on any atom is -0.486 e. The highest BCUT2D eigenvalue weighted by Crippen LogP contribution is 2.30. The molecule has 0 spiro atoms. The summed E-state index contributed by atoms with van der Waals surface area (Å²) in [6.45, 7) is 4.76. The van der Waals surface area contributed by atoms with Crippen molar-refractivity contribution < 1.29 is 9.47 Å². The molecule has 2 aromatic heterocycles. The number of benzene rings is 1. The van der Waals surface area contributed by atoms with Gasteiger partial charge >= 0.3 is 0 Å². The van der Waals surface area contributed by atoms with Crippen LogP contribution in [0.3, 0.4) is 0 Å². The van der Waals surface area contributed by atoms with Crippen molar-refractivity contribution in [3.05, 3.63) is 47.3 Å². The zero-order chi connectivity index (χ0) is 16.5. The molecule has 3 heterocycles. The molecule has 6 nitrogen and oxygen atoms in total. The van der Waals surface area contributed by atoms with E-state index in [0.29, 0.717) is 13.2 Å². The molecule has 0 saturated heterocycles. The maximum Gasteiger partial charge on any atom is 0.161 e. The monoisotopic (exact) mass is 324 g/mol. The lowest BCUT2D eigenvalue weighted by molar-refractivity contribution is 0.171. The number of nitrogens with one attached hydrogen (secondary N) is 1. The maximum absolute atomic E-state index is 5.62. The summed E-state index contributed by atoms with van der Waals surface area (Å²) >= 11 is 0. The van der Waals surface area contributed by atoms with Crippen LogP contribution in [0.15, 0.2) is 30.5 Å². The van der Waals surface area contributed by atoms with E-state index in [2.05, 4.69) is 27.5 Å². The van der Waals surface area contributed by atoms with Gasteiger partial charge in [-0.05, 0) is 36.2 Å². The quantitative estimate of drug-likeness (QED) is 0.798. The van der Waals surface area contributed by atoms with Crippen LogP contribution in [0.4, 0.5) is 0 Å². The number of nitrogens with zero attached hydrogens (tertiary/aromatic N) is 3. The van der Waals surface area contributed by atoms with Crippen molar-refractivity contribution in [2.75, 3.05) is 13.2 Å². The second-order valence-electron chi connectivity index (χ2n) is 6.01. The number of rotatable bonds is 4. The molecule has 6 heteroatoms. The van der Waals surface area contributed by atoms with Gasteiger partial charge < -0.3 is 14.8 Å². The number of pyridine rings is 1. The minimum atomic E-state index is 0.611. The minimum absolute atomic E-state index is 0.611. The smallest absolute Gasteiger partial charge is 0.161 e. The molecule has 0 saturated carbocycles. The number of fused-ring (bicyclic) bond motifs is 2. The Hall–Kier alpha value is -2.60. The third-order valence-electron chi connectivity index (χ3n) is 4.18. The summed E-state index contributed by atoms with van der Waals surface area (Å²) in [5, 5.41) is 8.97. The normalized spacial score (nSPS) is 13.4. The first-order valence-corrected chi connectivity index (χ1v) is 8.08. The number of ether oxygens (including phenoxy) is 2. The van der Waals surface area contributed by atoms with Crippen molar-refractivity contribution in [1.82, 2.24) is 20.1 Å². The van der Waals surface area contributed by atoms with E-state index in [1.165, 1.54) is 5.56 Å². The Morgan fingerprint density at radius 1 is 1.08 bits per heavy atom. The second kappa shape index (κ2) is 6.13. The number of hydrogen-bond acceptors (Lipinski definition) is 5. The summed E-state index contributed by atoms with van der Waals surface area (Å²) in [5.41, 5.74) is 4.25. The van der Waals surface area contributed by atoms with Gasteiger partial charge in [-0.15, -0.1) is 0 Å². The standard InChI is InChI=1S/C18H20N4O2/c1-12-15-7-14(11-20-18(15)22(2)21-12)10-19-9-13-3-4-16-17(8-13)24-6-5-23-16/h3-4,7-8,11,19H,5-6,9-10H2,1-2H3. The Labute approximate surface area is 140 Å². The van der Waals surface area contributed by atoms with Gasteiger partial charge in [0.1, 0.15) is 13.2 Å². The lowest BCUT2D eigenvalue weighted by atomic mass is 10.1. The van der Waals surface area contributed by atoms with Crippen molar-refractivity contribution in [3.8, 4) is 11.5 Å². The summed E-state index contributed by atoms with van der Waals surface area (Å²) in [7, 11) is 1.92. The van der Waals surface area contributed by atoms with Crippen molar-refractivity contribution in [2.24, 2.45) is 7.05 Å². The van der Waals surface area contributed by atoms with Crippen molar-refractivity contribution in [2.45, 2.75) is 20.0 Å². The highest BCUT2D eigenvalue weighted by molar-refractivity contribution is 5.78. The van der Waals surface area contributed by atoms with Crippen LogP contribution in [0.2, 0.25) is 0 Å². The van der Waals surface area contributed by atoms with E-state index in [-0.39, 0.29) is 0 Å². The summed E-state index contributed by atoms with van der Waals surface area (Å²) in [5.74, 6) is 1.65. The molecular weight excluding hydrogens is 304 g/mol. The van der Waals surface area contributed by atoms with Crippen LogP contribution in [0.1, 0.15) is 16.8 Å². The predicted molar refractivity (Wildman–Crippen MR) is 91.2 cm³/mol. The van der Waals surface area contributed by atoms with Crippen LogP contribution in [-0.4, -0.2) is 28.0 Å². The Kier molecular flexibility index (Phi) is 3.82. The van der Waals surface area contributed by atoms with E-state index in [4.69, 9.17) is 9.47 Å². The van der Waals surface area contributed by atoms with Gasteiger partial charge in [0.15, 0.2) is 17.1 Å². The average molecular weight is 324 g/mol.